The molecule has 6 nitrogen and oxygen atoms in total. The molecule has 0 saturated carbocycles. The van der Waals surface area contributed by atoms with E-state index in [-0.39, 0.29) is 5.92 Å². The summed E-state index contributed by atoms with van der Waals surface area (Å²) in [6.45, 7) is 1.91. The summed E-state index contributed by atoms with van der Waals surface area (Å²) < 4.78 is 1.95. The number of carboxylic acid groups (broad SMARTS) is 1. The number of nitrogens with zero attached hydrogens (tertiary/aromatic N) is 3. The van der Waals surface area contributed by atoms with E-state index in [2.05, 4.69) is 15.6 Å². The third-order valence-electron chi connectivity index (χ3n) is 3.77. The second kappa shape index (κ2) is 4.10. The summed E-state index contributed by atoms with van der Waals surface area (Å²) in [4.78, 5) is 11.1. The van der Waals surface area contributed by atoms with E-state index < -0.39 is 5.97 Å². The smallest absolute Gasteiger partial charge is 0.306 e. The Bertz CT molecular complexity index is 437. The van der Waals surface area contributed by atoms with Crippen LogP contribution in [0.3, 0.4) is 0 Å². The Morgan fingerprint density at radius 2 is 2.35 bits per heavy atom. The molecule has 0 bridgehead atoms. The van der Waals surface area contributed by atoms with Gasteiger partial charge in [-0.1, -0.05) is 5.21 Å². The van der Waals surface area contributed by atoms with Gasteiger partial charge in [0, 0.05) is 13.0 Å². The van der Waals surface area contributed by atoms with Crippen LogP contribution in [-0.4, -0.2) is 39.2 Å². The third kappa shape index (κ3) is 1.82. The Balaban J connectivity index is 1.88. The monoisotopic (exact) mass is 236 g/mol. The van der Waals surface area contributed by atoms with Gasteiger partial charge in [-0.15, -0.1) is 5.10 Å². The number of hydrogen-bond acceptors (Lipinski definition) is 4. The van der Waals surface area contributed by atoms with Crippen LogP contribution < -0.4 is 5.32 Å². The van der Waals surface area contributed by atoms with Gasteiger partial charge in [-0.25, -0.2) is 4.68 Å². The van der Waals surface area contributed by atoms with Gasteiger partial charge in [0.05, 0.1) is 23.3 Å². The zero-order chi connectivity index (χ0) is 11.8. The molecule has 6 heteroatoms. The SMILES string of the molecule is O=C(O)[C@@H]1CCc2nnn([C@H]3CCNC3)c2C1. The van der Waals surface area contributed by atoms with Gasteiger partial charge in [0.15, 0.2) is 0 Å². The second-order valence-corrected chi connectivity index (χ2v) is 4.85. The maximum absolute atomic E-state index is 11.1. The predicted molar refractivity (Wildman–Crippen MR) is 59.7 cm³/mol. The summed E-state index contributed by atoms with van der Waals surface area (Å²) in [7, 11) is 0. The summed E-state index contributed by atoms with van der Waals surface area (Å²) in [6, 6.07) is 0.346. The molecule has 1 saturated heterocycles. The van der Waals surface area contributed by atoms with Crippen molar-refractivity contribution in [2.45, 2.75) is 31.7 Å². The quantitative estimate of drug-likeness (QED) is 0.755. The van der Waals surface area contributed by atoms with E-state index in [1.807, 2.05) is 4.68 Å². The highest BCUT2D eigenvalue weighted by molar-refractivity contribution is 5.70. The maximum atomic E-state index is 11.1. The van der Waals surface area contributed by atoms with Crippen LogP contribution in [-0.2, 0) is 17.6 Å². The van der Waals surface area contributed by atoms with Crippen LogP contribution in [0.25, 0.3) is 0 Å². The van der Waals surface area contributed by atoms with Crippen molar-refractivity contribution >= 4 is 5.97 Å². The number of nitrogens with one attached hydrogen (secondary N) is 1. The van der Waals surface area contributed by atoms with E-state index in [0.29, 0.717) is 18.9 Å². The molecule has 2 aliphatic rings. The maximum Gasteiger partial charge on any atom is 0.306 e. The van der Waals surface area contributed by atoms with E-state index in [1.165, 1.54) is 0 Å². The zero-order valence-corrected chi connectivity index (χ0v) is 9.59. The first kappa shape index (κ1) is 10.7. The minimum Gasteiger partial charge on any atom is -0.481 e. The molecule has 0 spiro atoms. The summed E-state index contributed by atoms with van der Waals surface area (Å²) in [5, 5.41) is 20.8. The number of carbonyl (C=O) groups is 1. The van der Waals surface area contributed by atoms with Crippen molar-refractivity contribution in [3.63, 3.8) is 0 Å². The van der Waals surface area contributed by atoms with Gasteiger partial charge >= 0.3 is 5.97 Å². The van der Waals surface area contributed by atoms with Crippen molar-refractivity contribution in [1.29, 1.82) is 0 Å². The molecule has 1 fully saturated rings. The van der Waals surface area contributed by atoms with Crippen LogP contribution in [0.1, 0.15) is 30.3 Å². The molecule has 0 radical (unpaired) electrons. The number of carboxylic acids is 1. The molecular weight excluding hydrogens is 220 g/mol. The summed E-state index contributed by atoms with van der Waals surface area (Å²) >= 11 is 0. The van der Waals surface area contributed by atoms with Crippen LogP contribution in [0.5, 0.6) is 0 Å². The molecule has 0 aromatic carbocycles. The standard InChI is InChI=1S/C11H16N4O2/c16-11(17)7-1-2-9-10(5-7)15(14-13-9)8-3-4-12-6-8/h7-8,12H,1-6H2,(H,16,17)/t7-,8+/m1/s1. The molecule has 1 aliphatic carbocycles. The number of fused-ring (bicyclic) bond motifs is 1. The lowest BCUT2D eigenvalue weighted by molar-refractivity contribution is -0.142. The van der Waals surface area contributed by atoms with Crippen LogP contribution in [0.4, 0.5) is 0 Å². The molecular formula is C11H16N4O2. The molecule has 1 aromatic heterocycles. The molecule has 1 aromatic rings. The zero-order valence-electron chi connectivity index (χ0n) is 9.59. The van der Waals surface area contributed by atoms with Crippen molar-refractivity contribution in [2.24, 2.45) is 5.92 Å². The molecule has 92 valence electrons. The molecule has 2 N–H and O–H groups in total. The minimum absolute atomic E-state index is 0.269. The Hall–Kier alpha value is -1.43. The summed E-state index contributed by atoms with van der Waals surface area (Å²) in [6.07, 6.45) is 3.05. The van der Waals surface area contributed by atoms with Crippen LogP contribution in [0.2, 0.25) is 0 Å². The van der Waals surface area contributed by atoms with Gasteiger partial charge in [-0.2, -0.15) is 0 Å². The van der Waals surface area contributed by atoms with Crippen molar-refractivity contribution < 1.29 is 9.90 Å². The lowest BCUT2D eigenvalue weighted by Gasteiger charge is -2.20. The number of aliphatic carboxylic acids is 1. The predicted octanol–water partition coefficient (Wildman–Crippen LogP) is 0.00200. The molecule has 1 aliphatic heterocycles. The Morgan fingerprint density at radius 1 is 1.47 bits per heavy atom. The van der Waals surface area contributed by atoms with Crippen LogP contribution >= 0.6 is 0 Å². The largest absolute Gasteiger partial charge is 0.481 e. The van der Waals surface area contributed by atoms with Crippen LogP contribution in [0.15, 0.2) is 0 Å². The molecule has 0 unspecified atom stereocenters. The minimum atomic E-state index is -0.701. The lowest BCUT2D eigenvalue weighted by atomic mass is 9.89. The lowest BCUT2D eigenvalue weighted by Crippen LogP contribution is -2.25. The van der Waals surface area contributed by atoms with Crippen molar-refractivity contribution in [3.05, 3.63) is 11.4 Å². The Morgan fingerprint density at radius 3 is 3.06 bits per heavy atom. The van der Waals surface area contributed by atoms with Crippen LogP contribution in [0, 0.1) is 5.92 Å². The summed E-state index contributed by atoms with van der Waals surface area (Å²) in [5.74, 6) is -0.970. The topological polar surface area (TPSA) is 80.0 Å². The number of rotatable bonds is 2. The fourth-order valence-electron chi connectivity index (χ4n) is 2.75. The van der Waals surface area contributed by atoms with Crippen molar-refractivity contribution in [2.75, 3.05) is 13.1 Å². The van der Waals surface area contributed by atoms with Gasteiger partial charge in [-0.05, 0) is 25.8 Å². The van der Waals surface area contributed by atoms with Gasteiger partial charge in [0.25, 0.3) is 0 Å². The van der Waals surface area contributed by atoms with E-state index in [9.17, 15) is 4.79 Å². The second-order valence-electron chi connectivity index (χ2n) is 4.85. The first-order chi connectivity index (χ1) is 8.25. The molecule has 2 heterocycles. The highest BCUT2D eigenvalue weighted by atomic mass is 16.4. The van der Waals surface area contributed by atoms with Crippen molar-refractivity contribution in [1.82, 2.24) is 20.3 Å². The van der Waals surface area contributed by atoms with Gasteiger partial charge in [0.2, 0.25) is 0 Å². The Kier molecular flexibility index (Phi) is 2.58. The van der Waals surface area contributed by atoms with Gasteiger partial charge in [-0.3, -0.25) is 4.79 Å². The first-order valence-corrected chi connectivity index (χ1v) is 6.12. The van der Waals surface area contributed by atoms with Crippen molar-refractivity contribution in [3.8, 4) is 0 Å². The van der Waals surface area contributed by atoms with E-state index in [4.69, 9.17) is 5.11 Å². The highest BCUT2D eigenvalue weighted by Crippen LogP contribution is 2.27. The third-order valence-corrected chi connectivity index (χ3v) is 3.77. The number of hydrogen-bond donors (Lipinski definition) is 2. The average Bonchev–Trinajstić information content (AvgIpc) is 2.96. The molecule has 3 rings (SSSR count). The molecule has 17 heavy (non-hydrogen) atoms. The average molecular weight is 236 g/mol. The van der Waals surface area contributed by atoms with E-state index >= 15 is 0 Å². The number of aryl methyl sites for hydroxylation is 1. The number of aromatic nitrogens is 3. The molecule has 2 atom stereocenters. The summed E-state index contributed by atoms with van der Waals surface area (Å²) in [5.41, 5.74) is 2.03. The first-order valence-electron chi connectivity index (χ1n) is 6.12. The fourth-order valence-corrected chi connectivity index (χ4v) is 2.75. The Labute approximate surface area is 99.0 Å². The van der Waals surface area contributed by atoms with Gasteiger partial charge < -0.3 is 10.4 Å². The van der Waals surface area contributed by atoms with Gasteiger partial charge in [0.1, 0.15) is 0 Å². The highest BCUT2D eigenvalue weighted by Gasteiger charge is 2.31. The fraction of sp³-hybridized carbons (Fsp3) is 0.727. The normalized spacial score (nSPS) is 28.0. The van der Waals surface area contributed by atoms with E-state index in [0.717, 1.165) is 37.3 Å². The molecule has 0 amide bonds. The van der Waals surface area contributed by atoms with E-state index in [1.54, 1.807) is 0 Å².